The molecular weight excluding hydrogens is 430 g/mol. The minimum atomic E-state index is -0.323. The molecule has 1 atom stereocenters. The number of benzene rings is 1. The standard InChI is InChI=1S/C23H20BrN3O2/c1-2-29-23(28)18-14-20(27-13-7-6-10-19(18)27)22(16-8-4-3-5-9-16)26-21-12-11-17(24)15-25-21/h3-15,22H,2H2,1H3,(H,25,26)/t22-/m0/s1. The summed E-state index contributed by atoms with van der Waals surface area (Å²) in [5, 5.41) is 3.51. The van der Waals surface area contributed by atoms with Crippen LogP contribution < -0.4 is 5.32 Å². The van der Waals surface area contributed by atoms with Crippen molar-refractivity contribution in [1.82, 2.24) is 9.38 Å². The molecule has 0 saturated heterocycles. The maximum absolute atomic E-state index is 12.6. The molecule has 0 aliphatic carbocycles. The molecule has 4 aromatic rings. The Balaban J connectivity index is 1.85. The van der Waals surface area contributed by atoms with E-state index >= 15 is 0 Å². The van der Waals surface area contributed by atoms with Gasteiger partial charge < -0.3 is 14.5 Å². The first-order chi connectivity index (χ1) is 14.2. The molecular formula is C23H20BrN3O2. The smallest absolute Gasteiger partial charge is 0.340 e. The molecule has 4 rings (SSSR count). The first kappa shape index (κ1) is 19.2. The van der Waals surface area contributed by atoms with E-state index in [9.17, 15) is 4.79 Å². The minimum Gasteiger partial charge on any atom is -0.462 e. The number of ether oxygens (including phenoxy) is 1. The fraction of sp³-hybridized carbons (Fsp3) is 0.130. The van der Waals surface area contributed by atoms with E-state index in [0.717, 1.165) is 27.1 Å². The Labute approximate surface area is 177 Å². The molecule has 3 aromatic heterocycles. The summed E-state index contributed by atoms with van der Waals surface area (Å²) in [6, 6.07) is 21.5. The summed E-state index contributed by atoms with van der Waals surface area (Å²) in [4.78, 5) is 17.0. The van der Waals surface area contributed by atoms with Gasteiger partial charge in [-0.2, -0.15) is 0 Å². The molecule has 6 heteroatoms. The number of halogens is 1. The summed E-state index contributed by atoms with van der Waals surface area (Å²) in [6.45, 7) is 2.14. The van der Waals surface area contributed by atoms with Crippen LogP contribution in [0.3, 0.4) is 0 Å². The number of esters is 1. The number of carbonyl (C=O) groups is 1. The van der Waals surface area contributed by atoms with Crippen molar-refractivity contribution < 1.29 is 9.53 Å². The van der Waals surface area contributed by atoms with Crippen molar-refractivity contribution in [2.75, 3.05) is 11.9 Å². The molecule has 29 heavy (non-hydrogen) atoms. The quantitative estimate of drug-likeness (QED) is 0.396. The lowest BCUT2D eigenvalue weighted by molar-refractivity contribution is 0.0529. The van der Waals surface area contributed by atoms with Gasteiger partial charge in [0, 0.05) is 16.9 Å². The summed E-state index contributed by atoms with van der Waals surface area (Å²) >= 11 is 3.42. The Bertz CT molecular complexity index is 1120. The van der Waals surface area contributed by atoms with E-state index in [2.05, 4.69) is 38.4 Å². The first-order valence-corrected chi connectivity index (χ1v) is 10.2. The molecule has 0 fully saturated rings. The molecule has 146 valence electrons. The third-order valence-electron chi connectivity index (χ3n) is 4.65. The average molecular weight is 450 g/mol. The van der Waals surface area contributed by atoms with Gasteiger partial charge in [0.25, 0.3) is 0 Å². The second-order valence-electron chi connectivity index (χ2n) is 6.51. The molecule has 0 aliphatic rings. The number of hydrogen-bond acceptors (Lipinski definition) is 4. The SMILES string of the molecule is CCOC(=O)c1cc([C@@H](Nc2ccc(Br)cn2)c2ccccc2)n2ccccc12. The minimum absolute atomic E-state index is 0.206. The number of nitrogens with one attached hydrogen (secondary N) is 1. The lowest BCUT2D eigenvalue weighted by Crippen LogP contribution is -2.15. The van der Waals surface area contributed by atoms with E-state index in [1.54, 1.807) is 6.20 Å². The zero-order valence-electron chi connectivity index (χ0n) is 15.9. The highest BCUT2D eigenvalue weighted by molar-refractivity contribution is 9.10. The lowest BCUT2D eigenvalue weighted by atomic mass is 10.0. The number of rotatable bonds is 6. The number of fused-ring (bicyclic) bond motifs is 1. The second-order valence-corrected chi connectivity index (χ2v) is 7.42. The largest absolute Gasteiger partial charge is 0.462 e. The van der Waals surface area contributed by atoms with E-state index in [1.807, 2.05) is 72.1 Å². The third-order valence-corrected chi connectivity index (χ3v) is 5.12. The van der Waals surface area contributed by atoms with Crippen molar-refractivity contribution >= 4 is 33.2 Å². The molecule has 0 bridgehead atoms. The number of pyridine rings is 2. The highest BCUT2D eigenvalue weighted by atomic mass is 79.9. The first-order valence-electron chi connectivity index (χ1n) is 9.37. The van der Waals surface area contributed by atoms with Gasteiger partial charge in [0.15, 0.2) is 0 Å². The monoisotopic (exact) mass is 449 g/mol. The molecule has 1 N–H and O–H groups in total. The number of aromatic nitrogens is 2. The van der Waals surface area contributed by atoms with Crippen LogP contribution in [-0.2, 0) is 4.74 Å². The third kappa shape index (κ3) is 4.03. The van der Waals surface area contributed by atoms with Crippen molar-refractivity contribution in [1.29, 1.82) is 0 Å². The van der Waals surface area contributed by atoms with Crippen LogP contribution in [0.1, 0.15) is 34.6 Å². The Morgan fingerprint density at radius 3 is 2.66 bits per heavy atom. The predicted octanol–water partition coefficient (Wildman–Crippen LogP) is 5.48. The topological polar surface area (TPSA) is 55.6 Å². The van der Waals surface area contributed by atoms with Gasteiger partial charge in [-0.25, -0.2) is 9.78 Å². The molecule has 0 radical (unpaired) electrons. The zero-order chi connectivity index (χ0) is 20.2. The van der Waals surface area contributed by atoms with Gasteiger partial charge in [0.05, 0.1) is 29.4 Å². The van der Waals surface area contributed by atoms with Gasteiger partial charge in [0.1, 0.15) is 5.82 Å². The molecule has 0 unspecified atom stereocenters. The fourth-order valence-electron chi connectivity index (χ4n) is 3.36. The zero-order valence-corrected chi connectivity index (χ0v) is 17.5. The summed E-state index contributed by atoms with van der Waals surface area (Å²) in [6.07, 6.45) is 3.71. The normalized spacial score (nSPS) is 11.9. The summed E-state index contributed by atoms with van der Waals surface area (Å²) in [5.41, 5.74) is 3.36. The van der Waals surface area contributed by atoms with E-state index in [0.29, 0.717) is 12.2 Å². The average Bonchev–Trinajstić information content (AvgIpc) is 3.14. The van der Waals surface area contributed by atoms with Gasteiger partial charge in [-0.1, -0.05) is 36.4 Å². The van der Waals surface area contributed by atoms with E-state index in [-0.39, 0.29) is 12.0 Å². The Hall–Kier alpha value is -3.12. The summed E-state index contributed by atoms with van der Waals surface area (Å²) in [7, 11) is 0. The highest BCUT2D eigenvalue weighted by Crippen LogP contribution is 2.30. The van der Waals surface area contributed by atoms with Gasteiger partial charge in [-0.3, -0.25) is 0 Å². The van der Waals surface area contributed by atoms with Crippen molar-refractivity contribution in [3.8, 4) is 0 Å². The summed E-state index contributed by atoms with van der Waals surface area (Å²) in [5.74, 6) is 0.418. The predicted molar refractivity (Wildman–Crippen MR) is 117 cm³/mol. The van der Waals surface area contributed by atoms with E-state index < -0.39 is 0 Å². The fourth-order valence-corrected chi connectivity index (χ4v) is 3.59. The van der Waals surface area contributed by atoms with Gasteiger partial charge in [-0.05, 0) is 58.7 Å². The van der Waals surface area contributed by atoms with Crippen LogP contribution in [-0.4, -0.2) is 22.0 Å². The number of hydrogen-bond donors (Lipinski definition) is 1. The van der Waals surface area contributed by atoms with E-state index in [4.69, 9.17) is 4.74 Å². The number of carbonyl (C=O) groups excluding carboxylic acids is 1. The molecule has 0 aliphatic heterocycles. The summed E-state index contributed by atoms with van der Waals surface area (Å²) < 4.78 is 8.21. The van der Waals surface area contributed by atoms with Gasteiger partial charge in [0.2, 0.25) is 0 Å². The molecule has 5 nitrogen and oxygen atoms in total. The Morgan fingerprint density at radius 1 is 1.14 bits per heavy atom. The maximum Gasteiger partial charge on any atom is 0.340 e. The van der Waals surface area contributed by atoms with Gasteiger partial charge in [-0.15, -0.1) is 0 Å². The molecule has 3 heterocycles. The van der Waals surface area contributed by atoms with Crippen LogP contribution in [0.25, 0.3) is 5.52 Å². The van der Waals surface area contributed by atoms with Crippen LogP contribution in [0.5, 0.6) is 0 Å². The van der Waals surface area contributed by atoms with Gasteiger partial charge >= 0.3 is 5.97 Å². The number of nitrogens with zero attached hydrogens (tertiary/aromatic N) is 2. The van der Waals surface area contributed by atoms with Crippen LogP contribution in [0.2, 0.25) is 0 Å². The molecule has 0 spiro atoms. The van der Waals surface area contributed by atoms with Crippen molar-refractivity contribution in [3.05, 3.63) is 100 Å². The van der Waals surface area contributed by atoms with Crippen molar-refractivity contribution in [2.24, 2.45) is 0 Å². The van der Waals surface area contributed by atoms with Crippen LogP contribution in [0.4, 0.5) is 5.82 Å². The van der Waals surface area contributed by atoms with Crippen LogP contribution >= 0.6 is 15.9 Å². The highest BCUT2D eigenvalue weighted by Gasteiger charge is 2.23. The Kier molecular flexibility index (Phi) is 5.62. The van der Waals surface area contributed by atoms with Crippen LogP contribution in [0.15, 0.2) is 83.6 Å². The van der Waals surface area contributed by atoms with E-state index in [1.165, 1.54) is 0 Å². The number of anilines is 1. The van der Waals surface area contributed by atoms with Crippen LogP contribution in [0, 0.1) is 0 Å². The maximum atomic E-state index is 12.6. The second kappa shape index (κ2) is 8.49. The van der Waals surface area contributed by atoms with Crippen molar-refractivity contribution in [2.45, 2.75) is 13.0 Å². The lowest BCUT2D eigenvalue weighted by Gasteiger charge is -2.20. The van der Waals surface area contributed by atoms with Crippen molar-refractivity contribution in [3.63, 3.8) is 0 Å². The molecule has 0 amide bonds. The Morgan fingerprint density at radius 2 is 1.93 bits per heavy atom. The molecule has 0 saturated carbocycles. The molecule has 1 aromatic carbocycles.